The molecule has 1 saturated heterocycles. The minimum atomic E-state index is 0.0132. The molecular formula is C21H23NO2S. The highest BCUT2D eigenvalue weighted by atomic mass is 32.2. The number of rotatable bonds is 1. The van der Waals surface area contributed by atoms with Crippen molar-refractivity contribution < 1.29 is 9.53 Å². The Labute approximate surface area is 153 Å². The molecule has 4 heteroatoms. The molecule has 0 bridgehead atoms. The zero-order valence-corrected chi connectivity index (χ0v) is 15.5. The summed E-state index contributed by atoms with van der Waals surface area (Å²) in [6.45, 7) is 4.92. The van der Waals surface area contributed by atoms with Crippen LogP contribution in [0.4, 0.5) is 5.69 Å². The lowest BCUT2D eigenvalue weighted by Crippen LogP contribution is -2.51. The number of fused-ring (bicyclic) bond motifs is 3. The Morgan fingerprint density at radius 2 is 1.92 bits per heavy atom. The van der Waals surface area contributed by atoms with Gasteiger partial charge >= 0.3 is 0 Å². The average molecular weight is 353 g/mol. The highest BCUT2D eigenvalue weighted by Gasteiger charge is 2.43. The molecule has 0 spiro atoms. The van der Waals surface area contributed by atoms with Crippen molar-refractivity contribution in [2.45, 2.75) is 37.7 Å². The Hall–Kier alpha value is -1.78. The van der Waals surface area contributed by atoms with E-state index in [0.29, 0.717) is 5.25 Å². The molecular weight excluding hydrogens is 330 g/mol. The number of hydrogen-bond donors (Lipinski definition) is 0. The van der Waals surface area contributed by atoms with Gasteiger partial charge in [0.2, 0.25) is 0 Å². The first kappa shape index (κ1) is 16.7. The molecule has 2 aliphatic heterocycles. The van der Waals surface area contributed by atoms with Gasteiger partial charge in [0.25, 0.3) is 5.91 Å². The fourth-order valence-corrected chi connectivity index (χ4v) is 5.19. The summed E-state index contributed by atoms with van der Waals surface area (Å²) < 4.78 is 6.20. The second kappa shape index (κ2) is 6.85. The lowest BCUT2D eigenvalue weighted by Gasteiger charge is -2.43. The van der Waals surface area contributed by atoms with E-state index in [4.69, 9.17) is 4.74 Å². The molecule has 2 aliphatic rings. The second-order valence-corrected chi connectivity index (χ2v) is 8.07. The fraction of sp³-hybridized carbons (Fsp3) is 0.381. The molecule has 1 amide bonds. The number of hydrogen-bond acceptors (Lipinski definition) is 3. The van der Waals surface area contributed by atoms with Crippen LogP contribution in [0.2, 0.25) is 0 Å². The van der Waals surface area contributed by atoms with E-state index < -0.39 is 0 Å². The molecule has 3 nitrogen and oxygen atoms in total. The quantitative estimate of drug-likeness (QED) is 0.750. The molecule has 2 aromatic rings. The average Bonchev–Trinajstić information content (AvgIpc) is 2.89. The Bertz CT molecular complexity index is 774. The van der Waals surface area contributed by atoms with E-state index in [2.05, 4.69) is 25.1 Å². The number of aryl methyl sites for hydroxylation is 1. The number of nitrogens with zero attached hydrogens (tertiary/aromatic N) is 1. The lowest BCUT2D eigenvalue weighted by molar-refractivity contribution is 0.0352. The molecule has 0 radical (unpaired) electrons. The highest BCUT2D eigenvalue weighted by molar-refractivity contribution is 7.99. The lowest BCUT2D eigenvalue weighted by atomic mass is 9.92. The van der Waals surface area contributed by atoms with Gasteiger partial charge in [0.1, 0.15) is 0 Å². The van der Waals surface area contributed by atoms with Crippen molar-refractivity contribution >= 4 is 23.4 Å². The molecule has 3 atom stereocenters. The van der Waals surface area contributed by atoms with E-state index in [1.807, 2.05) is 53.9 Å². The van der Waals surface area contributed by atoms with Crippen molar-refractivity contribution in [2.24, 2.45) is 0 Å². The van der Waals surface area contributed by atoms with Gasteiger partial charge in [-0.2, -0.15) is 11.8 Å². The third-order valence-corrected chi connectivity index (χ3v) is 6.50. The van der Waals surface area contributed by atoms with E-state index in [-0.39, 0.29) is 18.1 Å². The normalized spacial score (nSPS) is 25.7. The monoisotopic (exact) mass is 353 g/mol. The number of amides is 1. The highest BCUT2D eigenvalue weighted by Crippen LogP contribution is 2.47. The van der Waals surface area contributed by atoms with Crippen LogP contribution in [0, 0.1) is 6.92 Å². The molecule has 0 aliphatic carbocycles. The molecule has 4 rings (SSSR count). The van der Waals surface area contributed by atoms with Crippen LogP contribution in [-0.2, 0) is 4.74 Å². The number of thioether (sulfide) groups is 1. The van der Waals surface area contributed by atoms with E-state index >= 15 is 0 Å². The minimum Gasteiger partial charge on any atom is -0.375 e. The van der Waals surface area contributed by atoms with Crippen molar-refractivity contribution in [3.63, 3.8) is 0 Å². The maximum Gasteiger partial charge on any atom is 0.258 e. The number of anilines is 1. The number of carbonyl (C=O) groups excluding carboxylic acids is 1. The van der Waals surface area contributed by atoms with E-state index in [1.165, 1.54) is 5.56 Å². The number of para-hydroxylation sites is 1. The Balaban J connectivity index is 1.78. The van der Waals surface area contributed by atoms with Gasteiger partial charge in [0.15, 0.2) is 0 Å². The first-order valence-corrected chi connectivity index (χ1v) is 9.94. The van der Waals surface area contributed by atoms with Gasteiger partial charge in [0, 0.05) is 17.9 Å². The van der Waals surface area contributed by atoms with Gasteiger partial charge < -0.3 is 9.64 Å². The van der Waals surface area contributed by atoms with E-state index in [9.17, 15) is 4.79 Å². The number of benzene rings is 2. The van der Waals surface area contributed by atoms with Gasteiger partial charge in [0.05, 0.1) is 17.4 Å². The predicted molar refractivity (Wildman–Crippen MR) is 103 cm³/mol. The number of carbonyl (C=O) groups is 1. The fourth-order valence-electron chi connectivity index (χ4n) is 3.77. The van der Waals surface area contributed by atoms with Crippen LogP contribution in [0.5, 0.6) is 0 Å². The molecule has 0 unspecified atom stereocenters. The van der Waals surface area contributed by atoms with Crippen molar-refractivity contribution in [2.75, 3.05) is 17.3 Å². The van der Waals surface area contributed by atoms with Crippen molar-refractivity contribution in [1.29, 1.82) is 0 Å². The summed E-state index contributed by atoms with van der Waals surface area (Å²) in [4.78, 5) is 15.2. The summed E-state index contributed by atoms with van der Waals surface area (Å²) in [5, 5.41) is 0.302. The van der Waals surface area contributed by atoms with Gasteiger partial charge in [-0.1, -0.05) is 35.9 Å². The molecule has 0 saturated carbocycles. The molecule has 0 aromatic heterocycles. The van der Waals surface area contributed by atoms with Gasteiger partial charge in [-0.3, -0.25) is 4.79 Å². The van der Waals surface area contributed by atoms with Crippen LogP contribution in [-0.4, -0.2) is 30.4 Å². The Kier molecular flexibility index (Phi) is 4.57. The third kappa shape index (κ3) is 2.98. The summed E-state index contributed by atoms with van der Waals surface area (Å²) in [6.07, 6.45) is 1.11. The molecule has 130 valence electrons. The molecule has 25 heavy (non-hydrogen) atoms. The van der Waals surface area contributed by atoms with E-state index in [0.717, 1.165) is 35.6 Å². The van der Waals surface area contributed by atoms with Crippen LogP contribution >= 0.6 is 11.8 Å². The van der Waals surface area contributed by atoms with Gasteiger partial charge in [-0.25, -0.2) is 0 Å². The predicted octanol–water partition coefficient (Wildman–Crippen LogP) is 4.61. The zero-order chi connectivity index (χ0) is 17.4. The second-order valence-electron chi connectivity index (χ2n) is 6.82. The first-order valence-electron chi connectivity index (χ1n) is 8.89. The SMILES string of the molecule is Cc1ccc(C(=O)N2c3ccccc3[C@@H]3SCCCO[C@H]3[C@@H]2C)cc1. The van der Waals surface area contributed by atoms with Crippen LogP contribution in [0.1, 0.15) is 40.1 Å². The van der Waals surface area contributed by atoms with Crippen molar-refractivity contribution in [1.82, 2.24) is 0 Å². The molecule has 1 fully saturated rings. The smallest absolute Gasteiger partial charge is 0.258 e. The molecule has 2 heterocycles. The van der Waals surface area contributed by atoms with Crippen molar-refractivity contribution in [3.05, 3.63) is 65.2 Å². The standard InChI is InChI=1S/C21H23NO2S/c1-14-8-10-16(11-9-14)21(23)22-15(2)19-20(25-13-5-12-24-19)17-6-3-4-7-18(17)22/h3-4,6-11,15,19-20H,5,12-13H2,1-2H3/t15-,19-,20-/m0/s1. The summed E-state index contributed by atoms with van der Waals surface area (Å²) in [5.74, 6) is 1.16. The molecule has 2 aromatic carbocycles. The van der Waals surface area contributed by atoms with Crippen LogP contribution in [0.25, 0.3) is 0 Å². The Morgan fingerprint density at radius 3 is 2.72 bits per heavy atom. The van der Waals surface area contributed by atoms with Gasteiger partial charge in [-0.05, 0) is 49.8 Å². The summed E-state index contributed by atoms with van der Waals surface area (Å²) in [6, 6.07) is 16.1. The third-order valence-electron chi connectivity index (χ3n) is 5.10. The topological polar surface area (TPSA) is 29.5 Å². The largest absolute Gasteiger partial charge is 0.375 e. The number of ether oxygens (including phenoxy) is 1. The minimum absolute atomic E-state index is 0.0132. The summed E-state index contributed by atoms with van der Waals surface area (Å²) in [7, 11) is 0. The maximum atomic E-state index is 13.3. The zero-order valence-electron chi connectivity index (χ0n) is 14.6. The van der Waals surface area contributed by atoms with E-state index in [1.54, 1.807) is 0 Å². The van der Waals surface area contributed by atoms with Gasteiger partial charge in [-0.15, -0.1) is 0 Å². The maximum absolute atomic E-state index is 13.3. The summed E-state index contributed by atoms with van der Waals surface area (Å²) >= 11 is 1.96. The van der Waals surface area contributed by atoms with Crippen LogP contribution < -0.4 is 4.90 Å². The Morgan fingerprint density at radius 1 is 1.16 bits per heavy atom. The van der Waals surface area contributed by atoms with Crippen LogP contribution in [0.15, 0.2) is 48.5 Å². The van der Waals surface area contributed by atoms with Crippen LogP contribution in [0.3, 0.4) is 0 Å². The first-order chi connectivity index (χ1) is 12.2. The van der Waals surface area contributed by atoms with Crippen molar-refractivity contribution in [3.8, 4) is 0 Å². The molecule has 0 N–H and O–H groups in total. The summed E-state index contributed by atoms with van der Waals surface area (Å²) in [5.41, 5.74) is 4.14.